The second kappa shape index (κ2) is 12.0. The molecule has 3 fully saturated rings. The van der Waals surface area contributed by atoms with E-state index in [1.54, 1.807) is 67.3 Å². The first kappa shape index (κ1) is 31.8. The van der Waals surface area contributed by atoms with E-state index >= 15 is 0 Å². The molecule has 2 aliphatic heterocycles. The van der Waals surface area contributed by atoms with Gasteiger partial charge in [-0.3, -0.25) is 9.59 Å². The lowest BCUT2D eigenvalue weighted by atomic mass is 9.84. The summed E-state index contributed by atoms with van der Waals surface area (Å²) in [4.78, 5) is 28.0. The van der Waals surface area contributed by atoms with Crippen molar-refractivity contribution < 1.29 is 42.7 Å². The highest BCUT2D eigenvalue weighted by Gasteiger charge is 2.66. The third-order valence-corrected chi connectivity index (χ3v) is 8.87. The molecule has 9 nitrogen and oxygen atoms in total. The Balaban J connectivity index is 1.43. The molecular weight excluding hydrogens is 572 g/mol. The minimum absolute atomic E-state index is 0.0652. The number of ether oxygens (including phenoxy) is 7. The maximum atomic E-state index is 13.8. The number of carbonyl (C=O) groups is 2. The Morgan fingerprint density at radius 3 is 1.81 bits per heavy atom. The lowest BCUT2D eigenvalue weighted by molar-refractivity contribution is -0.214. The van der Waals surface area contributed by atoms with Gasteiger partial charge < -0.3 is 33.2 Å². The van der Waals surface area contributed by atoms with E-state index in [1.807, 2.05) is 54.6 Å². The average molecular weight is 615 g/mol. The Labute approximate surface area is 257 Å². The van der Waals surface area contributed by atoms with Gasteiger partial charge in [0.25, 0.3) is 0 Å². The lowest BCUT2D eigenvalue weighted by Crippen LogP contribution is -2.64. The van der Waals surface area contributed by atoms with Crippen LogP contribution in [0.5, 0.6) is 5.75 Å². The molecule has 0 bridgehead atoms. The zero-order chi connectivity index (χ0) is 31.2. The van der Waals surface area contributed by atoms with E-state index in [0.717, 1.165) is 16.2 Å². The number of methoxy groups -OCH3 is 1. The number of thioether (sulfide) groups is 1. The fourth-order valence-electron chi connectivity index (χ4n) is 5.66. The van der Waals surface area contributed by atoms with Gasteiger partial charge in [-0.1, -0.05) is 30.3 Å². The predicted molar refractivity (Wildman–Crippen MR) is 160 cm³/mol. The first-order valence-electron chi connectivity index (χ1n) is 14.6. The minimum atomic E-state index is -0.980. The fourth-order valence-corrected chi connectivity index (χ4v) is 6.79. The molecule has 5 rings (SSSR count). The van der Waals surface area contributed by atoms with Crippen LogP contribution in [0, 0.1) is 5.41 Å². The van der Waals surface area contributed by atoms with E-state index in [9.17, 15) is 9.59 Å². The van der Waals surface area contributed by atoms with Gasteiger partial charge in [-0.2, -0.15) is 0 Å². The zero-order valence-electron chi connectivity index (χ0n) is 26.0. The van der Waals surface area contributed by atoms with Gasteiger partial charge in [-0.15, -0.1) is 11.8 Å². The normalized spacial score (nSPS) is 29.7. The first-order valence-corrected chi connectivity index (χ1v) is 15.5. The molecule has 2 saturated heterocycles. The van der Waals surface area contributed by atoms with Gasteiger partial charge >= 0.3 is 11.9 Å². The number of hydrogen-bond acceptors (Lipinski definition) is 10. The van der Waals surface area contributed by atoms with Crippen LogP contribution in [0.3, 0.4) is 0 Å². The van der Waals surface area contributed by atoms with E-state index in [-0.39, 0.29) is 11.7 Å². The summed E-state index contributed by atoms with van der Waals surface area (Å²) >= 11 is 1.56. The summed E-state index contributed by atoms with van der Waals surface area (Å²) in [6.07, 6.45) is -4.52. The number of esters is 2. The highest BCUT2D eigenvalue weighted by molar-refractivity contribution is 7.99. The van der Waals surface area contributed by atoms with Crippen molar-refractivity contribution >= 4 is 23.7 Å². The van der Waals surface area contributed by atoms with Gasteiger partial charge in [-0.05, 0) is 78.3 Å². The summed E-state index contributed by atoms with van der Waals surface area (Å²) in [6, 6.07) is 17.5. The summed E-state index contributed by atoms with van der Waals surface area (Å²) in [6.45, 7) is 12.5. The van der Waals surface area contributed by atoms with Gasteiger partial charge in [0.15, 0.2) is 23.8 Å². The number of hydrogen-bond donors (Lipinski definition) is 0. The maximum Gasteiger partial charge on any atom is 0.311 e. The second-order valence-corrected chi connectivity index (χ2v) is 14.4. The van der Waals surface area contributed by atoms with Crippen LogP contribution in [0.1, 0.15) is 65.7 Å². The van der Waals surface area contributed by atoms with Crippen molar-refractivity contribution in [1.82, 2.24) is 0 Å². The molecule has 0 unspecified atom stereocenters. The molecule has 1 aliphatic carbocycles. The molecule has 7 atom stereocenters. The largest absolute Gasteiger partial charge is 0.497 e. The van der Waals surface area contributed by atoms with E-state index in [4.69, 9.17) is 33.2 Å². The predicted octanol–water partition coefficient (Wildman–Crippen LogP) is 5.84. The topological polar surface area (TPSA) is 98.8 Å². The van der Waals surface area contributed by atoms with Crippen LogP contribution in [-0.2, 0) is 38.0 Å². The molecule has 234 valence electrons. The molecule has 43 heavy (non-hydrogen) atoms. The van der Waals surface area contributed by atoms with Crippen LogP contribution < -0.4 is 4.74 Å². The van der Waals surface area contributed by atoms with Crippen molar-refractivity contribution in [2.75, 3.05) is 7.11 Å². The van der Waals surface area contributed by atoms with Gasteiger partial charge in [0, 0.05) is 10.1 Å². The second-order valence-electron chi connectivity index (χ2n) is 13.1. The van der Waals surface area contributed by atoms with Crippen LogP contribution >= 0.6 is 11.8 Å². The van der Waals surface area contributed by atoms with Gasteiger partial charge in [0.05, 0.1) is 18.9 Å². The summed E-state index contributed by atoms with van der Waals surface area (Å²) < 4.78 is 42.7. The summed E-state index contributed by atoms with van der Waals surface area (Å²) in [5.41, 5.74) is 0.184. The molecular formula is C33H42O9S. The molecule has 1 saturated carbocycles. The molecule has 2 aromatic rings. The molecule has 0 spiro atoms. The third kappa shape index (κ3) is 7.20. The summed E-state index contributed by atoms with van der Waals surface area (Å²) in [5.74, 6) is -2.08. The molecule has 2 aromatic carbocycles. The van der Waals surface area contributed by atoms with Crippen molar-refractivity contribution in [2.45, 2.75) is 113 Å². The Bertz CT molecular complexity index is 1290. The molecule has 0 radical (unpaired) electrons. The minimum Gasteiger partial charge on any atom is -0.497 e. The highest BCUT2D eigenvalue weighted by atomic mass is 32.2. The monoisotopic (exact) mass is 614 g/mol. The molecule has 0 aromatic heterocycles. The highest BCUT2D eigenvalue weighted by Crippen LogP contribution is 2.47. The van der Waals surface area contributed by atoms with E-state index in [2.05, 4.69) is 0 Å². The molecule has 10 heteroatoms. The number of fused-ring (bicyclic) bond motifs is 3. The van der Waals surface area contributed by atoms with Crippen LogP contribution in [0.4, 0.5) is 0 Å². The van der Waals surface area contributed by atoms with Crippen molar-refractivity contribution in [3.05, 3.63) is 60.2 Å². The Morgan fingerprint density at radius 1 is 0.791 bits per heavy atom. The summed E-state index contributed by atoms with van der Waals surface area (Å²) in [7, 11) is 1.62. The number of benzene rings is 2. The standard InChI is InChI=1S/C33H42O9S/c1-31(2,3)30(35)38-25-24(26-28(41-32(4,5)39-26)29-27(25)40-33(6,7)42-29)37-23(34)18-22(19-12-10-9-11-13-19)43-21-16-14-20(36-8)15-17-21/h9-17,22,24-29H,18H2,1-8H3/t22-,24+,25+,26-,27-,28-,29-/m1/s1. The Kier molecular flexibility index (Phi) is 8.90. The van der Waals surface area contributed by atoms with Gasteiger partial charge in [0.1, 0.15) is 30.2 Å². The third-order valence-electron chi connectivity index (χ3n) is 7.61. The van der Waals surface area contributed by atoms with Crippen molar-refractivity contribution in [3.8, 4) is 5.75 Å². The van der Waals surface area contributed by atoms with E-state index in [0.29, 0.717) is 0 Å². The quantitative estimate of drug-likeness (QED) is 0.266. The van der Waals surface area contributed by atoms with Gasteiger partial charge in [-0.25, -0.2) is 0 Å². The number of carbonyl (C=O) groups excluding carboxylic acids is 2. The average Bonchev–Trinajstić information content (AvgIpc) is 3.45. The van der Waals surface area contributed by atoms with Gasteiger partial charge in [0.2, 0.25) is 0 Å². The van der Waals surface area contributed by atoms with Crippen LogP contribution in [0.2, 0.25) is 0 Å². The first-order chi connectivity index (χ1) is 20.2. The van der Waals surface area contributed by atoms with Crippen molar-refractivity contribution in [3.63, 3.8) is 0 Å². The molecule has 0 N–H and O–H groups in total. The smallest absolute Gasteiger partial charge is 0.311 e. The van der Waals surface area contributed by atoms with Crippen LogP contribution in [-0.4, -0.2) is 67.2 Å². The molecule has 2 heterocycles. The Morgan fingerprint density at radius 2 is 1.30 bits per heavy atom. The lowest BCUT2D eigenvalue weighted by Gasteiger charge is -2.42. The van der Waals surface area contributed by atoms with E-state index < -0.39 is 65.6 Å². The van der Waals surface area contributed by atoms with Crippen LogP contribution in [0.25, 0.3) is 0 Å². The fraction of sp³-hybridized carbons (Fsp3) is 0.576. The van der Waals surface area contributed by atoms with Crippen LogP contribution in [0.15, 0.2) is 59.5 Å². The molecule has 3 aliphatic rings. The van der Waals surface area contributed by atoms with Crippen molar-refractivity contribution in [1.29, 1.82) is 0 Å². The summed E-state index contributed by atoms with van der Waals surface area (Å²) in [5, 5.41) is -0.244. The number of rotatable bonds is 8. The van der Waals surface area contributed by atoms with E-state index in [1.165, 1.54) is 0 Å². The van der Waals surface area contributed by atoms with Crippen molar-refractivity contribution in [2.24, 2.45) is 5.41 Å². The Hall–Kier alpha value is -2.63. The SMILES string of the molecule is COc1ccc(S[C@H](CC(=O)O[C@H]2[C@H](OC(=O)C(C)(C)C)[C@H]3OC(C)(C)O[C@H]3[C@@H]3OC(C)(C)O[C@H]23)c2ccccc2)cc1. The molecule has 0 amide bonds. The zero-order valence-corrected chi connectivity index (χ0v) is 26.8. The maximum absolute atomic E-state index is 13.8.